The van der Waals surface area contributed by atoms with E-state index in [0.29, 0.717) is 25.9 Å². The highest BCUT2D eigenvalue weighted by Gasteiger charge is 2.80. The highest BCUT2D eigenvalue weighted by molar-refractivity contribution is 8.01. The molecule has 0 spiro atoms. The van der Waals surface area contributed by atoms with E-state index in [-0.39, 0.29) is 54.5 Å². The lowest BCUT2D eigenvalue weighted by Gasteiger charge is -2.64. The molecule has 0 amide bonds. The van der Waals surface area contributed by atoms with E-state index in [2.05, 4.69) is 0 Å². The second-order valence-electron chi connectivity index (χ2n) is 12.8. The Balaban J connectivity index is 1.38. The fourth-order valence-corrected chi connectivity index (χ4v) is 10.2. The number of hydrogen-bond acceptors (Lipinski definition) is 8. The molecule has 0 aromatic rings. The predicted octanol–water partition coefficient (Wildman–Crippen LogP) is 4.04. The number of aliphatic hydroxyl groups excluding tert-OH is 1. The normalized spacial score (nSPS) is 50.5. The zero-order valence-electron chi connectivity index (χ0n) is 22.8. The summed E-state index contributed by atoms with van der Waals surface area (Å²) in [6.07, 6.45) is -0.736. The molecule has 0 aromatic carbocycles. The predicted molar refractivity (Wildman–Crippen MR) is 138 cm³/mol. The Kier molecular flexibility index (Phi) is 6.65. The van der Waals surface area contributed by atoms with E-state index >= 15 is 8.78 Å². The van der Waals surface area contributed by atoms with Crippen molar-refractivity contribution in [1.29, 1.82) is 0 Å². The molecular weight excluding hydrogens is 530 g/mol. The van der Waals surface area contributed by atoms with Crippen molar-refractivity contribution in [2.24, 2.45) is 22.7 Å². The first-order valence-electron chi connectivity index (χ1n) is 14.3. The van der Waals surface area contributed by atoms with E-state index < -0.39 is 63.9 Å². The largest absolute Gasteiger partial charge is 0.465 e. The van der Waals surface area contributed by atoms with Gasteiger partial charge in [0.15, 0.2) is 23.5 Å². The van der Waals surface area contributed by atoms with Gasteiger partial charge in [-0.1, -0.05) is 27.2 Å². The van der Waals surface area contributed by atoms with Crippen molar-refractivity contribution in [3.63, 3.8) is 0 Å². The summed E-state index contributed by atoms with van der Waals surface area (Å²) in [5.41, 5.74) is -5.75. The number of alkyl halides is 2. The average Bonchev–Trinajstić information content (AvgIpc) is 3.53. The van der Waals surface area contributed by atoms with Crippen LogP contribution in [0.5, 0.6) is 0 Å². The van der Waals surface area contributed by atoms with Gasteiger partial charge in [-0.05, 0) is 49.7 Å². The zero-order valence-corrected chi connectivity index (χ0v) is 23.6. The van der Waals surface area contributed by atoms with Crippen molar-refractivity contribution < 1.29 is 42.5 Å². The van der Waals surface area contributed by atoms with E-state index in [1.807, 2.05) is 13.8 Å². The van der Waals surface area contributed by atoms with Gasteiger partial charge in [0, 0.05) is 29.6 Å². The maximum absolute atomic E-state index is 17.5. The van der Waals surface area contributed by atoms with Crippen molar-refractivity contribution in [1.82, 2.24) is 0 Å². The number of hydrogen-bond donors (Lipinski definition) is 1. The first-order valence-corrected chi connectivity index (χ1v) is 15.4. The van der Waals surface area contributed by atoms with E-state index in [1.54, 1.807) is 6.92 Å². The van der Waals surface area contributed by atoms with E-state index in [9.17, 15) is 19.5 Å². The van der Waals surface area contributed by atoms with E-state index in [1.165, 1.54) is 17.8 Å². The molecule has 10 heteroatoms. The third kappa shape index (κ3) is 3.59. The molecule has 39 heavy (non-hydrogen) atoms. The lowest BCUT2D eigenvalue weighted by atomic mass is 9.43. The van der Waals surface area contributed by atoms with Gasteiger partial charge in [-0.3, -0.25) is 14.4 Å². The van der Waals surface area contributed by atoms with Crippen LogP contribution in [0.4, 0.5) is 8.78 Å². The van der Waals surface area contributed by atoms with Gasteiger partial charge < -0.3 is 19.3 Å². The lowest BCUT2D eigenvalue weighted by Crippen LogP contribution is -2.71. The number of allylic oxidation sites excluding steroid dienone is 1. The number of carbonyl (C=O) groups is 3. The average molecular weight is 569 g/mol. The molecule has 0 radical (unpaired) electrons. The molecule has 2 heterocycles. The van der Waals surface area contributed by atoms with Crippen molar-refractivity contribution in [3.8, 4) is 0 Å². The maximum Gasteiger partial charge on any atom is 0.319 e. The first kappa shape index (κ1) is 27.8. The minimum atomic E-state index is -2.15. The number of Topliss-reactive ketones (excluding diaryl/α,β-unsaturated/α-hetero) is 1. The van der Waals surface area contributed by atoms with Crippen LogP contribution in [0.1, 0.15) is 72.1 Å². The Morgan fingerprint density at radius 1 is 1.23 bits per heavy atom. The van der Waals surface area contributed by atoms with Crippen LogP contribution in [0.15, 0.2) is 11.6 Å². The SMILES string of the molecule is CCC[C@@H]1O[C@@H]2C[C@H]3[C@@H]4C[C@H](F)C5=CC(=O)CC[C@]5(C)[C@@]4(F)[C@@H](O)C[C@]3(C)[C@]2(C(=O)CS[C@@H]2CCOC2=O)O1. The Morgan fingerprint density at radius 3 is 2.69 bits per heavy atom. The smallest absolute Gasteiger partial charge is 0.319 e. The number of aliphatic hydroxyl groups is 1. The molecule has 2 aliphatic heterocycles. The van der Waals surface area contributed by atoms with Gasteiger partial charge in [0.05, 0.1) is 24.6 Å². The molecule has 5 fully saturated rings. The van der Waals surface area contributed by atoms with Crippen LogP contribution >= 0.6 is 11.8 Å². The molecule has 0 aromatic heterocycles. The number of esters is 1. The molecule has 6 aliphatic rings. The number of fused-ring (bicyclic) bond motifs is 7. The topological polar surface area (TPSA) is 99.1 Å². The Morgan fingerprint density at radius 2 is 2.00 bits per heavy atom. The Hall–Kier alpha value is -1.36. The summed E-state index contributed by atoms with van der Waals surface area (Å²) < 4.78 is 51.2. The fraction of sp³-hybridized carbons (Fsp3) is 0.828. The number of carbonyl (C=O) groups excluding carboxylic acids is 3. The molecule has 0 bridgehead atoms. The lowest BCUT2D eigenvalue weighted by molar-refractivity contribution is -0.241. The number of thioether (sulfide) groups is 1. The van der Waals surface area contributed by atoms with Crippen LogP contribution in [0, 0.1) is 22.7 Å². The summed E-state index contributed by atoms with van der Waals surface area (Å²) in [5.74, 6) is -2.13. The summed E-state index contributed by atoms with van der Waals surface area (Å²) in [5, 5.41) is 11.2. The molecule has 0 unspecified atom stereocenters. The number of halogens is 2. The van der Waals surface area contributed by atoms with Crippen molar-refractivity contribution in [2.75, 3.05) is 12.4 Å². The molecule has 216 valence electrons. The van der Waals surface area contributed by atoms with Gasteiger partial charge >= 0.3 is 5.97 Å². The number of ether oxygens (including phenoxy) is 3. The summed E-state index contributed by atoms with van der Waals surface area (Å²) in [6, 6.07) is 0. The minimum absolute atomic E-state index is 0.000754. The van der Waals surface area contributed by atoms with Gasteiger partial charge in [0.25, 0.3) is 0 Å². The summed E-state index contributed by atoms with van der Waals surface area (Å²) >= 11 is 1.23. The molecular formula is C29H38F2O7S. The quantitative estimate of drug-likeness (QED) is 0.480. The maximum atomic E-state index is 17.5. The Labute approximate surface area is 231 Å². The first-order chi connectivity index (χ1) is 18.4. The monoisotopic (exact) mass is 568 g/mol. The fourth-order valence-electron chi connectivity index (χ4n) is 9.15. The zero-order chi connectivity index (χ0) is 28.0. The van der Waals surface area contributed by atoms with E-state index in [0.717, 1.165) is 6.42 Å². The second-order valence-corrected chi connectivity index (χ2v) is 14.0. The van der Waals surface area contributed by atoms with Gasteiger partial charge in [0.1, 0.15) is 17.1 Å². The molecule has 6 rings (SSSR count). The van der Waals surface area contributed by atoms with E-state index in [4.69, 9.17) is 14.2 Å². The number of rotatable bonds is 6. The van der Waals surface area contributed by atoms with Crippen LogP contribution in [0.3, 0.4) is 0 Å². The van der Waals surface area contributed by atoms with Gasteiger partial charge in [0.2, 0.25) is 0 Å². The highest BCUT2D eigenvalue weighted by Crippen LogP contribution is 2.72. The van der Waals surface area contributed by atoms with Gasteiger partial charge in [-0.15, -0.1) is 11.8 Å². The molecule has 3 saturated carbocycles. The molecule has 11 atom stereocenters. The molecule has 4 aliphatic carbocycles. The summed E-state index contributed by atoms with van der Waals surface area (Å²) in [7, 11) is 0. The van der Waals surface area contributed by atoms with Crippen molar-refractivity contribution in [2.45, 2.75) is 113 Å². The highest BCUT2D eigenvalue weighted by atomic mass is 32.2. The third-order valence-corrected chi connectivity index (χ3v) is 12.3. The second kappa shape index (κ2) is 9.33. The number of ketones is 2. The van der Waals surface area contributed by atoms with Crippen LogP contribution in [-0.2, 0) is 28.6 Å². The summed E-state index contributed by atoms with van der Waals surface area (Å²) in [4.78, 5) is 38.4. The van der Waals surface area contributed by atoms with Crippen LogP contribution in [-0.4, -0.2) is 76.2 Å². The van der Waals surface area contributed by atoms with Gasteiger partial charge in [-0.25, -0.2) is 8.78 Å². The van der Waals surface area contributed by atoms with Crippen LogP contribution in [0.25, 0.3) is 0 Å². The molecule has 2 saturated heterocycles. The van der Waals surface area contributed by atoms with Crippen molar-refractivity contribution >= 4 is 29.3 Å². The third-order valence-electron chi connectivity index (χ3n) is 11.1. The van der Waals surface area contributed by atoms with Crippen LogP contribution in [0.2, 0.25) is 0 Å². The van der Waals surface area contributed by atoms with Gasteiger partial charge in [-0.2, -0.15) is 0 Å². The van der Waals surface area contributed by atoms with Crippen molar-refractivity contribution in [3.05, 3.63) is 11.6 Å². The van der Waals surface area contributed by atoms with Crippen LogP contribution < -0.4 is 0 Å². The minimum Gasteiger partial charge on any atom is -0.465 e. The number of cyclic esters (lactones) is 1. The summed E-state index contributed by atoms with van der Waals surface area (Å²) in [6.45, 7) is 5.84. The molecule has 7 nitrogen and oxygen atoms in total. The molecule has 1 N–H and O–H groups in total. The Bertz CT molecular complexity index is 1120. The standard InChI is InChI=1S/C29H38F2O7S/c1-4-5-24-37-23-12-16-17-11-19(30)18-10-15(32)6-8-26(18,2)28(17,31)21(33)13-27(16,3)29(23,38-24)22(34)14-39-20-7-9-36-25(20)35/h10,16-17,19-21,23-24,33H,4-9,11-14H2,1-3H3/t16-,17-,19-,20+,21-,23+,24+,26-,27-,28-,29+/m0/s1.